The Labute approximate surface area is 115 Å². The molecule has 0 fully saturated rings. The third kappa shape index (κ3) is 3.71. The quantitative estimate of drug-likeness (QED) is 0.876. The van der Waals surface area contributed by atoms with Gasteiger partial charge < -0.3 is 14.9 Å². The van der Waals surface area contributed by atoms with Crippen LogP contribution in [0.4, 0.5) is 0 Å². The lowest BCUT2D eigenvalue weighted by atomic mass is 9.95. The molecule has 0 radical (unpaired) electrons. The Balaban J connectivity index is 2.90. The maximum Gasteiger partial charge on any atom is 0.312 e. The van der Waals surface area contributed by atoms with E-state index in [4.69, 9.17) is 9.84 Å². The van der Waals surface area contributed by atoms with Crippen molar-refractivity contribution in [2.75, 3.05) is 6.61 Å². The number of carbonyl (C=O) groups is 1. The molecule has 0 aromatic heterocycles. The predicted molar refractivity (Wildman–Crippen MR) is 71.7 cm³/mol. The van der Waals surface area contributed by atoms with Crippen molar-refractivity contribution < 1.29 is 19.7 Å². The summed E-state index contributed by atoms with van der Waals surface area (Å²) in [7, 11) is 0. The highest BCUT2D eigenvalue weighted by molar-refractivity contribution is 9.10. The van der Waals surface area contributed by atoms with Gasteiger partial charge in [0.25, 0.3) is 0 Å². The van der Waals surface area contributed by atoms with E-state index in [1.807, 2.05) is 0 Å². The largest absolute Gasteiger partial charge is 0.492 e. The first kappa shape index (κ1) is 15.0. The van der Waals surface area contributed by atoms with Crippen LogP contribution in [0.2, 0.25) is 0 Å². The number of carboxylic acid groups (broad SMARTS) is 1. The lowest BCUT2D eigenvalue weighted by molar-refractivity contribution is -0.148. The fourth-order valence-electron chi connectivity index (χ4n) is 1.30. The predicted octanol–water partition coefficient (Wildman–Crippen LogP) is 2.99. The second-order valence-corrected chi connectivity index (χ2v) is 5.75. The van der Waals surface area contributed by atoms with E-state index in [1.165, 1.54) is 0 Å². The molecule has 0 bridgehead atoms. The summed E-state index contributed by atoms with van der Waals surface area (Å²) in [6.45, 7) is 4.86. The van der Waals surface area contributed by atoms with Gasteiger partial charge in [0, 0.05) is 10.0 Å². The normalized spacial score (nSPS) is 13.2. The summed E-state index contributed by atoms with van der Waals surface area (Å²) in [4.78, 5) is 11.0. The zero-order chi connectivity index (χ0) is 13.9. The first-order chi connectivity index (χ1) is 8.24. The lowest BCUT2D eigenvalue weighted by Crippen LogP contribution is -2.30. The van der Waals surface area contributed by atoms with Crippen LogP contribution in [-0.4, -0.2) is 22.8 Å². The molecule has 18 heavy (non-hydrogen) atoms. The summed E-state index contributed by atoms with van der Waals surface area (Å²) in [5.41, 5.74) is -0.336. The van der Waals surface area contributed by atoms with Gasteiger partial charge in [-0.25, -0.2) is 0 Å². The van der Waals surface area contributed by atoms with Gasteiger partial charge in [-0.05, 0) is 32.9 Å². The van der Waals surface area contributed by atoms with Crippen LogP contribution >= 0.6 is 15.9 Å². The summed E-state index contributed by atoms with van der Waals surface area (Å²) >= 11 is 3.32. The number of halogens is 1. The van der Waals surface area contributed by atoms with Crippen LogP contribution in [0.15, 0.2) is 22.7 Å². The van der Waals surface area contributed by atoms with E-state index in [9.17, 15) is 9.90 Å². The first-order valence-electron chi connectivity index (χ1n) is 5.58. The molecule has 0 unspecified atom stereocenters. The molecule has 0 aliphatic carbocycles. The maximum absolute atomic E-state index is 11.0. The summed E-state index contributed by atoms with van der Waals surface area (Å²) < 4.78 is 6.35. The van der Waals surface area contributed by atoms with Crippen LogP contribution in [0.5, 0.6) is 5.75 Å². The SMILES string of the molecule is C[C@@H](O)c1ccc(Br)cc1OCC(C)(C)C(=O)O. The van der Waals surface area contributed by atoms with Crippen LogP contribution in [0.1, 0.15) is 32.4 Å². The molecule has 0 saturated heterocycles. The molecule has 1 rings (SSSR count). The second kappa shape index (κ2) is 5.71. The zero-order valence-corrected chi connectivity index (χ0v) is 12.2. The molecule has 1 atom stereocenters. The number of aliphatic hydroxyl groups excluding tert-OH is 1. The van der Waals surface area contributed by atoms with Crippen molar-refractivity contribution in [1.82, 2.24) is 0 Å². The van der Waals surface area contributed by atoms with Crippen LogP contribution in [-0.2, 0) is 4.79 Å². The molecular formula is C13H17BrO4. The lowest BCUT2D eigenvalue weighted by Gasteiger charge is -2.21. The van der Waals surface area contributed by atoms with Crippen molar-refractivity contribution in [1.29, 1.82) is 0 Å². The minimum atomic E-state index is -0.974. The Kier molecular flexibility index (Phi) is 4.76. The maximum atomic E-state index is 11.0. The van der Waals surface area contributed by atoms with E-state index in [-0.39, 0.29) is 6.61 Å². The smallest absolute Gasteiger partial charge is 0.312 e. The monoisotopic (exact) mass is 316 g/mol. The van der Waals surface area contributed by atoms with E-state index in [0.717, 1.165) is 4.47 Å². The molecule has 1 aromatic carbocycles. The molecule has 0 amide bonds. The average Bonchev–Trinajstić information content (AvgIpc) is 2.26. The number of rotatable bonds is 5. The van der Waals surface area contributed by atoms with Crippen molar-refractivity contribution in [3.05, 3.63) is 28.2 Å². The van der Waals surface area contributed by atoms with Gasteiger partial charge in [0.05, 0.1) is 11.5 Å². The second-order valence-electron chi connectivity index (χ2n) is 4.84. The van der Waals surface area contributed by atoms with Gasteiger partial charge in [0.1, 0.15) is 12.4 Å². The number of aliphatic carboxylic acids is 1. The van der Waals surface area contributed by atoms with Crippen molar-refractivity contribution >= 4 is 21.9 Å². The Morgan fingerprint density at radius 2 is 2.11 bits per heavy atom. The van der Waals surface area contributed by atoms with E-state index >= 15 is 0 Å². The van der Waals surface area contributed by atoms with Gasteiger partial charge in [-0.2, -0.15) is 0 Å². The molecule has 0 aliphatic rings. The molecule has 2 N–H and O–H groups in total. The number of aliphatic hydroxyl groups is 1. The molecule has 0 aliphatic heterocycles. The Morgan fingerprint density at radius 3 is 2.61 bits per heavy atom. The summed E-state index contributed by atoms with van der Waals surface area (Å²) in [5.74, 6) is -0.426. The fourth-order valence-corrected chi connectivity index (χ4v) is 1.64. The molecule has 100 valence electrons. The van der Waals surface area contributed by atoms with E-state index in [0.29, 0.717) is 11.3 Å². The van der Waals surface area contributed by atoms with Gasteiger partial charge in [0.2, 0.25) is 0 Å². The number of hydrogen-bond acceptors (Lipinski definition) is 3. The summed E-state index contributed by atoms with van der Waals surface area (Å²) in [6, 6.07) is 5.27. The molecule has 0 saturated carbocycles. The van der Waals surface area contributed by atoms with Crippen LogP contribution in [0, 0.1) is 5.41 Å². The molecule has 0 heterocycles. The molecule has 4 nitrogen and oxygen atoms in total. The molecular weight excluding hydrogens is 300 g/mol. The van der Waals surface area contributed by atoms with Gasteiger partial charge in [-0.1, -0.05) is 22.0 Å². The van der Waals surface area contributed by atoms with Crippen LogP contribution in [0.3, 0.4) is 0 Å². The molecule has 0 spiro atoms. The minimum absolute atomic E-state index is 0.0402. The fraction of sp³-hybridized carbons (Fsp3) is 0.462. The van der Waals surface area contributed by atoms with E-state index in [2.05, 4.69) is 15.9 Å². The Hall–Kier alpha value is -1.07. The topological polar surface area (TPSA) is 66.8 Å². The highest BCUT2D eigenvalue weighted by Crippen LogP contribution is 2.30. The minimum Gasteiger partial charge on any atom is -0.492 e. The van der Waals surface area contributed by atoms with Gasteiger partial charge in [-0.15, -0.1) is 0 Å². The average molecular weight is 317 g/mol. The molecule has 1 aromatic rings. The molecule has 5 heteroatoms. The Morgan fingerprint density at radius 1 is 1.50 bits per heavy atom. The van der Waals surface area contributed by atoms with E-state index < -0.39 is 17.5 Å². The summed E-state index contributed by atoms with van der Waals surface area (Å²) in [5, 5.41) is 18.6. The summed E-state index contributed by atoms with van der Waals surface area (Å²) in [6.07, 6.45) is -0.666. The third-order valence-corrected chi connectivity index (χ3v) is 3.09. The number of carboxylic acids is 1. The van der Waals surface area contributed by atoms with Crippen molar-refractivity contribution in [3.63, 3.8) is 0 Å². The third-order valence-electron chi connectivity index (χ3n) is 2.59. The van der Waals surface area contributed by atoms with E-state index in [1.54, 1.807) is 39.0 Å². The highest BCUT2D eigenvalue weighted by Gasteiger charge is 2.28. The van der Waals surface area contributed by atoms with Crippen molar-refractivity contribution in [2.45, 2.75) is 26.9 Å². The zero-order valence-electron chi connectivity index (χ0n) is 10.6. The van der Waals surface area contributed by atoms with Gasteiger partial charge in [0.15, 0.2) is 0 Å². The number of ether oxygens (including phenoxy) is 1. The number of hydrogen-bond donors (Lipinski definition) is 2. The van der Waals surface area contributed by atoms with Crippen LogP contribution in [0.25, 0.3) is 0 Å². The van der Waals surface area contributed by atoms with Crippen molar-refractivity contribution in [3.8, 4) is 5.75 Å². The van der Waals surface area contributed by atoms with Gasteiger partial charge >= 0.3 is 5.97 Å². The standard InChI is InChI=1S/C13H17BrO4/c1-8(15)10-5-4-9(14)6-11(10)18-7-13(2,3)12(16)17/h4-6,8,15H,7H2,1-3H3,(H,16,17)/t8-/m1/s1. The highest BCUT2D eigenvalue weighted by atomic mass is 79.9. The van der Waals surface area contributed by atoms with Crippen LogP contribution < -0.4 is 4.74 Å². The Bertz CT molecular complexity index is 441. The van der Waals surface area contributed by atoms with Gasteiger partial charge in [-0.3, -0.25) is 4.79 Å². The number of benzene rings is 1. The van der Waals surface area contributed by atoms with Crippen molar-refractivity contribution in [2.24, 2.45) is 5.41 Å². The first-order valence-corrected chi connectivity index (χ1v) is 6.37.